The molecule has 1 aliphatic rings. The molecule has 0 amide bonds. The molecule has 3 rings (SSSR count). The first-order valence-corrected chi connectivity index (χ1v) is 9.30. The molecule has 1 aliphatic heterocycles. The van der Waals surface area contributed by atoms with E-state index in [4.69, 9.17) is 4.52 Å². The lowest BCUT2D eigenvalue weighted by Gasteiger charge is -2.21. The monoisotopic (exact) mass is 487 g/mol. The van der Waals surface area contributed by atoms with E-state index < -0.39 is 0 Å². The zero-order valence-electron chi connectivity index (χ0n) is 16.6. The molecule has 1 N–H and O–H groups in total. The molecule has 8 nitrogen and oxygen atoms in total. The van der Waals surface area contributed by atoms with Crippen LogP contribution in [0.25, 0.3) is 0 Å². The highest BCUT2D eigenvalue weighted by molar-refractivity contribution is 14.0. The van der Waals surface area contributed by atoms with E-state index >= 15 is 0 Å². The molecule has 3 heterocycles. The Balaban J connectivity index is 0.00000261. The Hall–Kier alpha value is -1.65. The molecule has 1 saturated heterocycles. The van der Waals surface area contributed by atoms with Gasteiger partial charge in [-0.15, -0.1) is 24.0 Å². The van der Waals surface area contributed by atoms with Gasteiger partial charge >= 0.3 is 0 Å². The molecule has 9 heteroatoms. The van der Waals surface area contributed by atoms with Crippen molar-refractivity contribution in [1.82, 2.24) is 30.1 Å². The van der Waals surface area contributed by atoms with Crippen LogP contribution in [0.4, 0.5) is 0 Å². The van der Waals surface area contributed by atoms with Crippen molar-refractivity contribution in [3.05, 3.63) is 29.7 Å². The van der Waals surface area contributed by atoms with Crippen LogP contribution in [0, 0.1) is 5.92 Å². The highest BCUT2D eigenvalue weighted by Crippen LogP contribution is 2.20. The van der Waals surface area contributed by atoms with E-state index in [0.717, 1.165) is 37.8 Å². The number of aliphatic imine (C=N–C) groups is 1. The number of hydrogen-bond acceptors (Lipinski definition) is 5. The number of nitrogens with one attached hydrogen (secondary N) is 1. The van der Waals surface area contributed by atoms with Crippen LogP contribution in [-0.2, 0) is 19.9 Å². The summed E-state index contributed by atoms with van der Waals surface area (Å²) in [6.07, 6.45) is 7.01. The zero-order valence-corrected chi connectivity index (χ0v) is 18.9. The van der Waals surface area contributed by atoms with E-state index in [1.165, 1.54) is 12.0 Å². The number of aromatic nitrogens is 4. The molecule has 0 saturated carbocycles. The summed E-state index contributed by atoms with van der Waals surface area (Å²) in [7, 11) is 3.80. The van der Waals surface area contributed by atoms with Crippen LogP contribution in [0.3, 0.4) is 0 Å². The molecule has 0 bridgehead atoms. The summed E-state index contributed by atoms with van der Waals surface area (Å²) >= 11 is 0. The van der Waals surface area contributed by atoms with Crippen molar-refractivity contribution in [1.29, 1.82) is 0 Å². The molecule has 0 aromatic carbocycles. The maximum absolute atomic E-state index is 5.29. The van der Waals surface area contributed by atoms with E-state index in [2.05, 4.69) is 50.5 Å². The molecule has 27 heavy (non-hydrogen) atoms. The smallest absolute Gasteiger partial charge is 0.228 e. The SMILES string of the molecule is CN=C(NCCc1nc(C(C)C)no1)N1CCC(Cc2cnn(C)c2)C1.I. The minimum atomic E-state index is 0. The van der Waals surface area contributed by atoms with Crippen molar-refractivity contribution in [2.24, 2.45) is 18.0 Å². The molecule has 2 aromatic heterocycles. The molecule has 1 fully saturated rings. The summed E-state index contributed by atoms with van der Waals surface area (Å²) in [5.41, 5.74) is 1.31. The Morgan fingerprint density at radius 2 is 2.26 bits per heavy atom. The molecule has 0 spiro atoms. The van der Waals surface area contributed by atoms with E-state index in [1.807, 2.05) is 25.0 Å². The van der Waals surface area contributed by atoms with E-state index in [-0.39, 0.29) is 29.9 Å². The Bertz CT molecular complexity index is 740. The summed E-state index contributed by atoms with van der Waals surface area (Å²) in [4.78, 5) is 11.2. The van der Waals surface area contributed by atoms with Crippen LogP contribution in [0.5, 0.6) is 0 Å². The third-order valence-electron chi connectivity index (χ3n) is 4.70. The fourth-order valence-electron chi connectivity index (χ4n) is 3.32. The van der Waals surface area contributed by atoms with Gasteiger partial charge in [-0.05, 0) is 24.3 Å². The number of hydrogen-bond donors (Lipinski definition) is 1. The van der Waals surface area contributed by atoms with Crippen molar-refractivity contribution < 1.29 is 4.52 Å². The lowest BCUT2D eigenvalue weighted by atomic mass is 10.0. The maximum atomic E-state index is 5.29. The standard InChI is InChI=1S/C18H29N7O.HI/c1-13(2)17-22-16(26-23-17)5-7-20-18(19-3)25-8-6-14(12-25)9-15-10-21-24(4)11-15;/h10-11,13-14H,5-9,12H2,1-4H3,(H,19,20);1H. The third kappa shape index (κ3) is 5.91. The van der Waals surface area contributed by atoms with Gasteiger partial charge < -0.3 is 14.7 Å². The van der Waals surface area contributed by atoms with Crippen molar-refractivity contribution in [3.8, 4) is 0 Å². The number of aryl methyl sites for hydroxylation is 1. The zero-order chi connectivity index (χ0) is 18.5. The van der Waals surface area contributed by atoms with Crippen molar-refractivity contribution in [2.75, 3.05) is 26.7 Å². The number of halogens is 1. The fraction of sp³-hybridized carbons (Fsp3) is 0.667. The minimum absolute atomic E-state index is 0. The van der Waals surface area contributed by atoms with Gasteiger partial charge in [0, 0.05) is 52.3 Å². The van der Waals surface area contributed by atoms with Crippen molar-refractivity contribution in [3.63, 3.8) is 0 Å². The first-order chi connectivity index (χ1) is 12.5. The van der Waals surface area contributed by atoms with Gasteiger partial charge in [0.2, 0.25) is 5.89 Å². The Morgan fingerprint density at radius 3 is 2.89 bits per heavy atom. The van der Waals surface area contributed by atoms with Gasteiger partial charge in [-0.1, -0.05) is 19.0 Å². The first kappa shape index (κ1) is 21.6. The Morgan fingerprint density at radius 1 is 1.44 bits per heavy atom. The molecule has 2 aromatic rings. The molecular formula is C18H30IN7O. The highest BCUT2D eigenvalue weighted by atomic mass is 127. The second-order valence-corrected chi connectivity index (χ2v) is 7.25. The van der Waals surface area contributed by atoms with Crippen LogP contribution in [-0.4, -0.2) is 57.5 Å². The summed E-state index contributed by atoms with van der Waals surface area (Å²) < 4.78 is 7.16. The lowest BCUT2D eigenvalue weighted by Crippen LogP contribution is -2.41. The average Bonchev–Trinajstić information content (AvgIpc) is 3.34. The van der Waals surface area contributed by atoms with Crippen molar-refractivity contribution >= 4 is 29.9 Å². The quantitative estimate of drug-likeness (QED) is 0.382. The molecule has 150 valence electrons. The topological polar surface area (TPSA) is 84.4 Å². The van der Waals surface area contributed by atoms with E-state index in [9.17, 15) is 0 Å². The summed E-state index contributed by atoms with van der Waals surface area (Å²) in [5.74, 6) is 3.31. The van der Waals surface area contributed by atoms with Gasteiger partial charge in [-0.2, -0.15) is 10.1 Å². The predicted molar refractivity (Wildman–Crippen MR) is 115 cm³/mol. The van der Waals surface area contributed by atoms with Crippen LogP contribution in [0.2, 0.25) is 0 Å². The normalized spacial score (nSPS) is 17.4. The second-order valence-electron chi connectivity index (χ2n) is 7.25. The molecular weight excluding hydrogens is 457 g/mol. The Kier molecular flexibility index (Phi) is 8.06. The highest BCUT2D eigenvalue weighted by Gasteiger charge is 2.25. The van der Waals surface area contributed by atoms with Crippen LogP contribution in [0.15, 0.2) is 21.9 Å². The lowest BCUT2D eigenvalue weighted by molar-refractivity contribution is 0.370. The van der Waals surface area contributed by atoms with Crippen LogP contribution >= 0.6 is 24.0 Å². The Labute approximate surface area is 177 Å². The van der Waals surface area contributed by atoms with Crippen LogP contribution in [0.1, 0.15) is 43.5 Å². The minimum Gasteiger partial charge on any atom is -0.356 e. The van der Waals surface area contributed by atoms with E-state index in [0.29, 0.717) is 18.2 Å². The second kappa shape index (κ2) is 10.0. The first-order valence-electron chi connectivity index (χ1n) is 9.30. The van der Waals surface area contributed by atoms with Crippen molar-refractivity contribution in [2.45, 2.75) is 39.0 Å². The van der Waals surface area contributed by atoms with Gasteiger partial charge in [0.05, 0.1) is 6.20 Å². The number of rotatable bonds is 6. The maximum Gasteiger partial charge on any atom is 0.228 e. The fourth-order valence-corrected chi connectivity index (χ4v) is 3.32. The van der Waals surface area contributed by atoms with Gasteiger partial charge in [0.15, 0.2) is 11.8 Å². The number of likely N-dealkylation sites (tertiary alicyclic amines) is 1. The average molecular weight is 487 g/mol. The van der Waals surface area contributed by atoms with Gasteiger partial charge in [-0.3, -0.25) is 9.67 Å². The molecule has 1 unspecified atom stereocenters. The molecule has 0 radical (unpaired) electrons. The van der Waals surface area contributed by atoms with E-state index in [1.54, 1.807) is 0 Å². The van der Waals surface area contributed by atoms with Gasteiger partial charge in [0.25, 0.3) is 0 Å². The predicted octanol–water partition coefficient (Wildman–Crippen LogP) is 2.23. The summed E-state index contributed by atoms with van der Waals surface area (Å²) in [6, 6.07) is 0. The number of guanidine groups is 1. The van der Waals surface area contributed by atoms with Gasteiger partial charge in [0.1, 0.15) is 0 Å². The summed E-state index contributed by atoms with van der Waals surface area (Å²) in [5, 5.41) is 11.7. The number of nitrogens with zero attached hydrogens (tertiary/aromatic N) is 6. The molecule has 1 atom stereocenters. The largest absolute Gasteiger partial charge is 0.356 e. The molecule has 0 aliphatic carbocycles. The summed E-state index contributed by atoms with van der Waals surface area (Å²) in [6.45, 7) is 6.90. The van der Waals surface area contributed by atoms with Crippen LogP contribution < -0.4 is 5.32 Å². The third-order valence-corrected chi connectivity index (χ3v) is 4.70. The van der Waals surface area contributed by atoms with Gasteiger partial charge in [-0.25, -0.2) is 0 Å².